The minimum atomic E-state index is -0.532. The van der Waals surface area contributed by atoms with Crippen LogP contribution in [0.25, 0.3) is 0 Å². The largest absolute Gasteiger partial charge is 0.504 e. The standard InChI is InChI=1S/C26H31N3O4/c1-28(18-19-9-14-23(30)24(31)17-19)15-6-16-29(2)25(26(27)32)20-10-12-22(13-11-20)33-21-7-4-3-5-8-21/h3-5,7-14,17,25,30-31H,6,15-16,18H2,1-2H3,(H2,27,32). The number of carbonyl (C=O) groups is 1. The zero-order chi connectivity index (χ0) is 23.8. The molecule has 0 aromatic heterocycles. The lowest BCUT2D eigenvalue weighted by Gasteiger charge is -2.27. The zero-order valence-corrected chi connectivity index (χ0v) is 19.0. The molecule has 1 amide bonds. The summed E-state index contributed by atoms with van der Waals surface area (Å²) in [6.45, 7) is 2.11. The number of hydrogen-bond acceptors (Lipinski definition) is 6. The molecule has 0 heterocycles. The van der Waals surface area contributed by atoms with E-state index in [1.54, 1.807) is 12.1 Å². The first-order chi connectivity index (χ1) is 15.8. The highest BCUT2D eigenvalue weighted by Gasteiger charge is 2.22. The molecule has 0 saturated heterocycles. The van der Waals surface area contributed by atoms with Gasteiger partial charge in [0.15, 0.2) is 11.5 Å². The van der Waals surface area contributed by atoms with E-state index < -0.39 is 11.9 Å². The Balaban J connectivity index is 1.53. The lowest BCUT2D eigenvalue weighted by Crippen LogP contribution is -2.36. The molecule has 0 bridgehead atoms. The van der Waals surface area contributed by atoms with Gasteiger partial charge in [-0.25, -0.2) is 0 Å². The van der Waals surface area contributed by atoms with Gasteiger partial charge in [0.05, 0.1) is 0 Å². The summed E-state index contributed by atoms with van der Waals surface area (Å²) in [6.07, 6.45) is 0.829. The van der Waals surface area contributed by atoms with Crippen LogP contribution in [0.5, 0.6) is 23.0 Å². The molecule has 0 saturated carbocycles. The number of aromatic hydroxyl groups is 2. The van der Waals surface area contributed by atoms with Crippen molar-refractivity contribution >= 4 is 5.91 Å². The molecule has 0 aliphatic heterocycles. The monoisotopic (exact) mass is 449 g/mol. The number of rotatable bonds is 11. The second kappa shape index (κ2) is 11.4. The van der Waals surface area contributed by atoms with Crippen molar-refractivity contribution in [2.75, 3.05) is 27.2 Å². The Hall–Kier alpha value is -3.55. The number of ether oxygens (including phenoxy) is 1. The van der Waals surface area contributed by atoms with Gasteiger partial charge in [0.25, 0.3) is 0 Å². The highest BCUT2D eigenvalue weighted by atomic mass is 16.5. The van der Waals surface area contributed by atoms with Crippen LogP contribution < -0.4 is 10.5 Å². The SMILES string of the molecule is CN(CCCN(C)C(C(N)=O)c1ccc(Oc2ccccc2)cc1)Cc1ccc(O)c(O)c1. The number of amides is 1. The highest BCUT2D eigenvalue weighted by Crippen LogP contribution is 2.26. The summed E-state index contributed by atoms with van der Waals surface area (Å²) < 4.78 is 5.82. The predicted octanol–water partition coefficient (Wildman–Crippen LogP) is 3.87. The van der Waals surface area contributed by atoms with Gasteiger partial charge >= 0.3 is 0 Å². The van der Waals surface area contributed by atoms with E-state index in [0.717, 1.165) is 29.8 Å². The van der Waals surface area contributed by atoms with Crippen LogP contribution in [0.4, 0.5) is 0 Å². The van der Waals surface area contributed by atoms with Gasteiger partial charge in [0.2, 0.25) is 5.91 Å². The average Bonchev–Trinajstić information content (AvgIpc) is 2.78. The van der Waals surface area contributed by atoms with E-state index in [1.165, 1.54) is 6.07 Å². The lowest BCUT2D eigenvalue weighted by atomic mass is 10.0. The van der Waals surface area contributed by atoms with Gasteiger partial charge in [0, 0.05) is 13.1 Å². The topological polar surface area (TPSA) is 99.3 Å². The van der Waals surface area contributed by atoms with Gasteiger partial charge in [-0.05, 0) is 74.6 Å². The van der Waals surface area contributed by atoms with Crippen molar-refractivity contribution in [1.82, 2.24) is 9.80 Å². The highest BCUT2D eigenvalue weighted by molar-refractivity contribution is 5.81. The van der Waals surface area contributed by atoms with Crippen LogP contribution in [0, 0.1) is 0 Å². The number of nitrogens with two attached hydrogens (primary N) is 1. The molecule has 0 radical (unpaired) electrons. The van der Waals surface area contributed by atoms with Crippen LogP contribution in [-0.2, 0) is 11.3 Å². The van der Waals surface area contributed by atoms with Gasteiger partial charge in [-0.15, -0.1) is 0 Å². The smallest absolute Gasteiger partial charge is 0.239 e. The van der Waals surface area contributed by atoms with E-state index in [4.69, 9.17) is 10.5 Å². The second-order valence-corrected chi connectivity index (χ2v) is 8.18. The molecule has 0 spiro atoms. The second-order valence-electron chi connectivity index (χ2n) is 8.18. The number of primary amides is 1. The number of benzene rings is 3. The van der Waals surface area contributed by atoms with Crippen molar-refractivity contribution in [1.29, 1.82) is 0 Å². The third-order valence-corrected chi connectivity index (χ3v) is 5.43. The third kappa shape index (κ3) is 6.97. The number of carbonyl (C=O) groups excluding carboxylic acids is 1. The van der Waals surface area contributed by atoms with Gasteiger partial charge < -0.3 is 25.6 Å². The normalized spacial score (nSPS) is 12.1. The fraction of sp³-hybridized carbons (Fsp3) is 0.269. The van der Waals surface area contributed by atoms with Gasteiger partial charge in [-0.3, -0.25) is 9.69 Å². The first kappa shape index (κ1) is 24.1. The van der Waals surface area contributed by atoms with Crippen LogP contribution in [0.15, 0.2) is 72.8 Å². The van der Waals surface area contributed by atoms with Crippen molar-refractivity contribution in [3.05, 3.63) is 83.9 Å². The number of phenols is 2. The summed E-state index contributed by atoms with van der Waals surface area (Å²) in [5.74, 6) is 0.797. The van der Waals surface area contributed by atoms with Crippen LogP contribution >= 0.6 is 0 Å². The molecule has 33 heavy (non-hydrogen) atoms. The summed E-state index contributed by atoms with van der Waals surface area (Å²) in [6, 6.07) is 21.2. The first-order valence-corrected chi connectivity index (χ1v) is 10.9. The number of likely N-dealkylation sites (N-methyl/N-ethyl adjacent to an activating group) is 1. The van der Waals surface area contributed by atoms with E-state index >= 15 is 0 Å². The van der Waals surface area contributed by atoms with Crippen molar-refractivity contribution < 1.29 is 19.7 Å². The molecule has 1 unspecified atom stereocenters. The Morgan fingerprint density at radius 3 is 2.21 bits per heavy atom. The van der Waals surface area contributed by atoms with Gasteiger partial charge in [-0.2, -0.15) is 0 Å². The van der Waals surface area contributed by atoms with Crippen molar-refractivity contribution in [2.45, 2.75) is 19.0 Å². The summed E-state index contributed by atoms with van der Waals surface area (Å²) in [7, 11) is 3.88. The Kier molecular flexibility index (Phi) is 8.29. The lowest BCUT2D eigenvalue weighted by molar-refractivity contribution is -0.123. The summed E-state index contributed by atoms with van der Waals surface area (Å²) >= 11 is 0. The molecule has 7 heteroatoms. The molecule has 3 aromatic carbocycles. The van der Waals surface area contributed by atoms with E-state index in [2.05, 4.69) is 4.90 Å². The number of para-hydroxylation sites is 1. The number of phenolic OH excluding ortho intramolecular Hbond substituents is 2. The maximum absolute atomic E-state index is 12.2. The fourth-order valence-electron chi connectivity index (χ4n) is 3.76. The van der Waals surface area contributed by atoms with E-state index in [1.807, 2.05) is 73.6 Å². The fourth-order valence-corrected chi connectivity index (χ4v) is 3.76. The minimum Gasteiger partial charge on any atom is -0.504 e. The molecule has 0 aliphatic carbocycles. The molecule has 174 valence electrons. The van der Waals surface area contributed by atoms with Crippen LogP contribution in [0.3, 0.4) is 0 Å². The molecule has 3 rings (SSSR count). The van der Waals surface area contributed by atoms with Crippen LogP contribution in [0.1, 0.15) is 23.6 Å². The molecule has 1 atom stereocenters. The van der Waals surface area contributed by atoms with E-state index in [9.17, 15) is 15.0 Å². The van der Waals surface area contributed by atoms with Crippen LogP contribution in [-0.4, -0.2) is 53.1 Å². The predicted molar refractivity (Wildman–Crippen MR) is 128 cm³/mol. The van der Waals surface area contributed by atoms with Crippen molar-refractivity contribution in [3.8, 4) is 23.0 Å². The third-order valence-electron chi connectivity index (χ3n) is 5.43. The number of hydrogen-bond donors (Lipinski definition) is 3. The Morgan fingerprint density at radius 2 is 1.58 bits per heavy atom. The summed E-state index contributed by atoms with van der Waals surface area (Å²) in [5, 5.41) is 19.1. The zero-order valence-electron chi connectivity index (χ0n) is 19.0. The molecule has 0 aliphatic rings. The van der Waals surface area contributed by atoms with Crippen molar-refractivity contribution in [2.24, 2.45) is 5.73 Å². The molecule has 0 fully saturated rings. The van der Waals surface area contributed by atoms with Gasteiger partial charge in [0.1, 0.15) is 17.5 Å². The Labute approximate surface area is 194 Å². The Morgan fingerprint density at radius 1 is 0.909 bits per heavy atom. The van der Waals surface area contributed by atoms with E-state index in [0.29, 0.717) is 18.8 Å². The van der Waals surface area contributed by atoms with Crippen molar-refractivity contribution in [3.63, 3.8) is 0 Å². The summed E-state index contributed by atoms with van der Waals surface area (Å²) in [4.78, 5) is 16.3. The van der Waals surface area contributed by atoms with Crippen LogP contribution in [0.2, 0.25) is 0 Å². The summed E-state index contributed by atoms with van der Waals surface area (Å²) in [5.41, 5.74) is 7.45. The molecule has 4 N–H and O–H groups in total. The molecular weight excluding hydrogens is 418 g/mol. The molecular formula is C26H31N3O4. The quantitative estimate of drug-likeness (QED) is 0.384. The van der Waals surface area contributed by atoms with Gasteiger partial charge in [-0.1, -0.05) is 36.4 Å². The maximum atomic E-state index is 12.2. The first-order valence-electron chi connectivity index (χ1n) is 10.9. The number of nitrogens with zero attached hydrogens (tertiary/aromatic N) is 2. The Bertz CT molecular complexity index is 1040. The molecule has 7 nitrogen and oxygen atoms in total. The maximum Gasteiger partial charge on any atom is 0.239 e. The minimum absolute atomic E-state index is 0.120. The molecule has 3 aromatic rings. The average molecular weight is 450 g/mol. The van der Waals surface area contributed by atoms with E-state index in [-0.39, 0.29) is 11.5 Å².